The molecule has 0 aliphatic carbocycles. The van der Waals surface area contributed by atoms with Crippen molar-refractivity contribution in [2.75, 3.05) is 19.8 Å². The van der Waals surface area contributed by atoms with Crippen LogP contribution in [0, 0.1) is 5.92 Å². The van der Waals surface area contributed by atoms with Gasteiger partial charge in [-0.15, -0.1) is 0 Å². The Morgan fingerprint density at radius 2 is 2.41 bits per heavy atom. The first kappa shape index (κ1) is 12.6. The van der Waals surface area contributed by atoms with Gasteiger partial charge in [-0.3, -0.25) is 0 Å². The van der Waals surface area contributed by atoms with Crippen LogP contribution in [-0.2, 0) is 4.74 Å². The molecule has 1 aromatic rings. The van der Waals surface area contributed by atoms with Gasteiger partial charge in [0, 0.05) is 31.0 Å². The van der Waals surface area contributed by atoms with Crippen molar-refractivity contribution in [1.82, 2.24) is 9.55 Å². The van der Waals surface area contributed by atoms with Crippen LogP contribution in [0.5, 0.6) is 0 Å². The molecule has 0 spiro atoms. The van der Waals surface area contributed by atoms with Crippen molar-refractivity contribution in [2.24, 2.45) is 11.7 Å². The first-order valence-electron chi connectivity index (χ1n) is 6.53. The average molecular weight is 237 g/mol. The predicted molar refractivity (Wildman–Crippen MR) is 68.0 cm³/mol. The second-order valence-electron chi connectivity index (χ2n) is 5.18. The third-order valence-corrected chi connectivity index (χ3v) is 3.66. The van der Waals surface area contributed by atoms with Gasteiger partial charge in [0.2, 0.25) is 0 Å². The second kappa shape index (κ2) is 5.65. The van der Waals surface area contributed by atoms with Gasteiger partial charge in [-0.2, -0.15) is 0 Å². The maximum atomic E-state index is 5.89. The number of hydrogen-bond donors (Lipinski definition) is 1. The molecule has 1 fully saturated rings. The molecule has 96 valence electrons. The number of hydrogen-bond acceptors (Lipinski definition) is 3. The van der Waals surface area contributed by atoms with Crippen LogP contribution in [0.25, 0.3) is 0 Å². The molecule has 1 aliphatic rings. The van der Waals surface area contributed by atoms with Crippen molar-refractivity contribution in [2.45, 2.75) is 38.6 Å². The van der Waals surface area contributed by atoms with Crippen molar-refractivity contribution < 1.29 is 4.74 Å². The highest BCUT2D eigenvalue weighted by Crippen LogP contribution is 2.28. The molecule has 2 N–H and O–H groups in total. The van der Waals surface area contributed by atoms with Gasteiger partial charge in [-0.05, 0) is 18.8 Å². The van der Waals surface area contributed by atoms with E-state index in [0.29, 0.717) is 24.4 Å². The molecule has 2 unspecified atom stereocenters. The summed E-state index contributed by atoms with van der Waals surface area (Å²) in [5.41, 5.74) is 7.15. The molecule has 4 nitrogen and oxygen atoms in total. The number of nitrogens with zero attached hydrogens (tertiary/aromatic N) is 2. The molecule has 1 aromatic heterocycles. The van der Waals surface area contributed by atoms with Crippen LogP contribution in [0.2, 0.25) is 0 Å². The number of imidazole rings is 1. The Bertz CT molecular complexity index is 342. The number of rotatable bonds is 4. The molecule has 0 saturated carbocycles. The molecule has 2 rings (SSSR count). The van der Waals surface area contributed by atoms with Crippen LogP contribution >= 0.6 is 0 Å². The van der Waals surface area contributed by atoms with Gasteiger partial charge in [-0.1, -0.05) is 13.8 Å². The highest BCUT2D eigenvalue weighted by atomic mass is 16.5. The molecule has 1 aliphatic heterocycles. The Labute approximate surface area is 103 Å². The average Bonchev–Trinajstić information content (AvgIpc) is 2.80. The largest absolute Gasteiger partial charge is 0.379 e. The van der Waals surface area contributed by atoms with E-state index in [1.807, 2.05) is 12.5 Å². The number of ether oxygens (including phenoxy) is 1. The molecule has 2 atom stereocenters. The molecule has 4 heteroatoms. The van der Waals surface area contributed by atoms with Crippen LogP contribution in [-0.4, -0.2) is 29.3 Å². The van der Waals surface area contributed by atoms with E-state index in [-0.39, 0.29) is 0 Å². The summed E-state index contributed by atoms with van der Waals surface area (Å²) in [4.78, 5) is 4.30. The topological polar surface area (TPSA) is 53.1 Å². The first-order valence-corrected chi connectivity index (χ1v) is 6.53. The molecular formula is C13H23N3O. The summed E-state index contributed by atoms with van der Waals surface area (Å²) in [6, 6.07) is 0.439. The van der Waals surface area contributed by atoms with E-state index < -0.39 is 0 Å². The van der Waals surface area contributed by atoms with E-state index in [1.165, 1.54) is 12.1 Å². The molecule has 0 radical (unpaired) electrons. The number of nitrogens with two attached hydrogens (primary N) is 1. The minimum absolute atomic E-state index is 0.388. The van der Waals surface area contributed by atoms with Crippen molar-refractivity contribution in [1.29, 1.82) is 0 Å². The third-order valence-electron chi connectivity index (χ3n) is 3.66. The van der Waals surface area contributed by atoms with E-state index in [9.17, 15) is 0 Å². The minimum atomic E-state index is 0.388. The second-order valence-corrected chi connectivity index (χ2v) is 5.18. The van der Waals surface area contributed by atoms with Crippen LogP contribution in [0.3, 0.4) is 0 Å². The molecule has 1 saturated heterocycles. The lowest BCUT2D eigenvalue weighted by atomic mass is 9.92. The van der Waals surface area contributed by atoms with Gasteiger partial charge >= 0.3 is 0 Å². The molecular weight excluding hydrogens is 214 g/mol. The van der Waals surface area contributed by atoms with Gasteiger partial charge in [0.1, 0.15) is 0 Å². The fourth-order valence-corrected chi connectivity index (χ4v) is 2.58. The maximum absolute atomic E-state index is 5.89. The Morgan fingerprint density at radius 3 is 3.00 bits per heavy atom. The quantitative estimate of drug-likeness (QED) is 0.870. The number of aromatic nitrogens is 2. The Balaban J connectivity index is 2.20. The zero-order valence-electron chi connectivity index (χ0n) is 10.8. The SMILES string of the molecule is CC(C)C(CN)c1cncn1C1CCCOC1. The third kappa shape index (κ3) is 2.69. The van der Waals surface area contributed by atoms with E-state index in [1.54, 1.807) is 0 Å². The Morgan fingerprint density at radius 1 is 1.59 bits per heavy atom. The first-order chi connectivity index (χ1) is 8.24. The molecule has 0 aromatic carbocycles. The van der Waals surface area contributed by atoms with Crippen molar-refractivity contribution in [3.8, 4) is 0 Å². The van der Waals surface area contributed by atoms with Crippen LogP contribution in [0.4, 0.5) is 0 Å². The highest BCUT2D eigenvalue weighted by molar-refractivity contribution is 5.09. The van der Waals surface area contributed by atoms with Gasteiger partial charge in [-0.25, -0.2) is 4.98 Å². The summed E-state index contributed by atoms with van der Waals surface area (Å²) < 4.78 is 7.83. The maximum Gasteiger partial charge on any atom is 0.0951 e. The minimum Gasteiger partial charge on any atom is -0.379 e. The van der Waals surface area contributed by atoms with Crippen LogP contribution < -0.4 is 5.73 Å². The lowest BCUT2D eigenvalue weighted by molar-refractivity contribution is 0.0577. The standard InChI is InChI=1S/C13H23N3O/c1-10(2)12(6-14)13-7-15-9-16(13)11-4-3-5-17-8-11/h7,9-12H,3-6,8,14H2,1-2H3. The monoisotopic (exact) mass is 237 g/mol. The Kier molecular flexibility index (Phi) is 4.18. The van der Waals surface area contributed by atoms with Gasteiger partial charge in [0.05, 0.1) is 19.0 Å². The summed E-state index contributed by atoms with van der Waals surface area (Å²) in [5, 5.41) is 0. The van der Waals surface area contributed by atoms with E-state index in [0.717, 1.165) is 19.6 Å². The fraction of sp³-hybridized carbons (Fsp3) is 0.769. The molecule has 0 amide bonds. The lowest BCUT2D eigenvalue weighted by Gasteiger charge is -2.28. The Hall–Kier alpha value is -0.870. The lowest BCUT2D eigenvalue weighted by Crippen LogP contribution is -2.26. The summed E-state index contributed by atoms with van der Waals surface area (Å²) >= 11 is 0. The predicted octanol–water partition coefficient (Wildman–Crippen LogP) is 1.93. The summed E-state index contributed by atoms with van der Waals surface area (Å²) in [6.45, 7) is 6.80. The molecule has 2 heterocycles. The van der Waals surface area contributed by atoms with E-state index in [4.69, 9.17) is 10.5 Å². The van der Waals surface area contributed by atoms with Gasteiger partial charge < -0.3 is 15.0 Å². The highest BCUT2D eigenvalue weighted by Gasteiger charge is 2.23. The fourth-order valence-electron chi connectivity index (χ4n) is 2.58. The van der Waals surface area contributed by atoms with Crippen LogP contribution in [0.1, 0.15) is 44.3 Å². The van der Waals surface area contributed by atoms with Crippen LogP contribution in [0.15, 0.2) is 12.5 Å². The normalized spacial score (nSPS) is 22.9. The smallest absolute Gasteiger partial charge is 0.0951 e. The van der Waals surface area contributed by atoms with Crippen molar-refractivity contribution in [3.63, 3.8) is 0 Å². The zero-order chi connectivity index (χ0) is 12.3. The van der Waals surface area contributed by atoms with E-state index in [2.05, 4.69) is 23.4 Å². The molecule has 0 bridgehead atoms. The van der Waals surface area contributed by atoms with E-state index >= 15 is 0 Å². The summed E-state index contributed by atoms with van der Waals surface area (Å²) in [7, 11) is 0. The van der Waals surface area contributed by atoms with Crippen molar-refractivity contribution >= 4 is 0 Å². The van der Waals surface area contributed by atoms with Gasteiger partial charge in [0.25, 0.3) is 0 Å². The summed E-state index contributed by atoms with van der Waals surface area (Å²) in [5.74, 6) is 0.930. The van der Waals surface area contributed by atoms with Gasteiger partial charge in [0.15, 0.2) is 0 Å². The van der Waals surface area contributed by atoms with Crippen molar-refractivity contribution in [3.05, 3.63) is 18.2 Å². The summed E-state index contributed by atoms with van der Waals surface area (Å²) in [6.07, 6.45) is 6.21. The molecule has 17 heavy (non-hydrogen) atoms. The zero-order valence-corrected chi connectivity index (χ0v) is 10.8.